The van der Waals surface area contributed by atoms with Gasteiger partial charge in [0, 0.05) is 37.6 Å². The molecule has 3 rings (SSSR count). The Kier molecular flexibility index (Phi) is 5.06. The summed E-state index contributed by atoms with van der Waals surface area (Å²) in [5, 5.41) is 2.49. The average molecular weight is 348 g/mol. The van der Waals surface area contributed by atoms with Crippen LogP contribution in [0.2, 0.25) is 0 Å². The predicted octanol–water partition coefficient (Wildman–Crippen LogP) is 1.92. The average Bonchev–Trinajstić information content (AvgIpc) is 3.09. The maximum absolute atomic E-state index is 12.7. The number of imidazole rings is 1. The van der Waals surface area contributed by atoms with Crippen molar-refractivity contribution in [3.63, 3.8) is 0 Å². The highest BCUT2D eigenvalue weighted by Gasteiger charge is 2.27. The van der Waals surface area contributed by atoms with Gasteiger partial charge in [0.1, 0.15) is 5.82 Å². The lowest BCUT2D eigenvalue weighted by atomic mass is 10.0. The van der Waals surface area contributed by atoms with E-state index in [1.165, 1.54) is 17.3 Å². The third kappa shape index (κ3) is 3.67. The molecule has 2 heterocycles. The van der Waals surface area contributed by atoms with E-state index in [0.717, 1.165) is 28.7 Å². The van der Waals surface area contributed by atoms with Crippen LogP contribution in [0.4, 0.5) is 14.5 Å². The minimum atomic E-state index is -2.68. The molecule has 25 heavy (non-hydrogen) atoms. The van der Waals surface area contributed by atoms with Crippen LogP contribution in [0, 0.1) is 0 Å². The van der Waals surface area contributed by atoms with Gasteiger partial charge in [-0.05, 0) is 24.5 Å². The number of alkyl halides is 2. The Bertz CT molecular complexity index is 776. The first-order valence-corrected chi connectivity index (χ1v) is 8.05. The minimum Gasteiger partial charge on any atom is -0.347 e. The van der Waals surface area contributed by atoms with Gasteiger partial charge in [-0.25, -0.2) is 4.98 Å². The Morgan fingerprint density at radius 3 is 2.88 bits per heavy atom. The maximum atomic E-state index is 12.7. The van der Waals surface area contributed by atoms with E-state index in [9.17, 15) is 18.4 Å². The molecule has 0 fully saturated rings. The van der Waals surface area contributed by atoms with Gasteiger partial charge < -0.3 is 10.2 Å². The van der Waals surface area contributed by atoms with Gasteiger partial charge >= 0.3 is 18.4 Å². The maximum Gasteiger partial charge on any atom is 0.319 e. The zero-order valence-electron chi connectivity index (χ0n) is 13.5. The van der Waals surface area contributed by atoms with Crippen molar-refractivity contribution in [3.05, 3.63) is 48.0 Å². The van der Waals surface area contributed by atoms with Crippen LogP contribution in [-0.4, -0.2) is 34.5 Å². The molecule has 0 spiro atoms. The summed E-state index contributed by atoms with van der Waals surface area (Å²) < 4.78 is 26.2. The molecule has 2 aromatic rings. The molecule has 0 atom stereocenters. The van der Waals surface area contributed by atoms with Crippen molar-refractivity contribution in [1.82, 2.24) is 14.9 Å². The summed E-state index contributed by atoms with van der Waals surface area (Å²) in [6.07, 6.45) is 4.24. The lowest BCUT2D eigenvalue weighted by Crippen LogP contribution is -2.45. The van der Waals surface area contributed by atoms with Crippen molar-refractivity contribution < 1.29 is 18.4 Å². The minimum absolute atomic E-state index is 0.0593. The second-order valence-corrected chi connectivity index (χ2v) is 5.72. The fourth-order valence-corrected chi connectivity index (χ4v) is 2.95. The van der Waals surface area contributed by atoms with E-state index in [0.29, 0.717) is 6.54 Å². The van der Waals surface area contributed by atoms with Gasteiger partial charge in [-0.1, -0.05) is 18.2 Å². The molecular weight excluding hydrogens is 330 g/mol. The van der Waals surface area contributed by atoms with Crippen LogP contribution in [0.5, 0.6) is 0 Å². The number of nitrogens with zero attached hydrogens (tertiary/aromatic N) is 3. The number of carbonyl (C=O) groups is 2. The summed E-state index contributed by atoms with van der Waals surface area (Å²) in [6, 6.07) is 7.49. The highest BCUT2D eigenvalue weighted by atomic mass is 19.3. The molecule has 0 saturated heterocycles. The van der Waals surface area contributed by atoms with Crippen molar-refractivity contribution in [1.29, 1.82) is 0 Å². The molecule has 132 valence electrons. The number of aryl methyl sites for hydroxylation is 1. The van der Waals surface area contributed by atoms with Crippen molar-refractivity contribution in [3.8, 4) is 0 Å². The van der Waals surface area contributed by atoms with E-state index in [4.69, 9.17) is 0 Å². The Balaban J connectivity index is 1.59. The first-order valence-electron chi connectivity index (χ1n) is 8.05. The van der Waals surface area contributed by atoms with Gasteiger partial charge in [0.25, 0.3) is 0 Å². The van der Waals surface area contributed by atoms with Gasteiger partial charge in [-0.2, -0.15) is 8.78 Å². The molecule has 0 saturated carbocycles. The van der Waals surface area contributed by atoms with E-state index in [1.807, 2.05) is 24.3 Å². The van der Waals surface area contributed by atoms with Crippen LogP contribution in [0.25, 0.3) is 0 Å². The fourth-order valence-electron chi connectivity index (χ4n) is 2.95. The molecule has 1 aliphatic rings. The number of hydrogen-bond acceptors (Lipinski definition) is 3. The first-order chi connectivity index (χ1) is 12.1. The van der Waals surface area contributed by atoms with Crippen LogP contribution >= 0.6 is 0 Å². The van der Waals surface area contributed by atoms with Crippen LogP contribution in [0.15, 0.2) is 36.7 Å². The fraction of sp³-hybridized carbons (Fsp3) is 0.353. The first kappa shape index (κ1) is 17.1. The summed E-state index contributed by atoms with van der Waals surface area (Å²) >= 11 is 0. The number of halogens is 2. The lowest BCUT2D eigenvalue weighted by Gasteiger charge is -2.28. The van der Waals surface area contributed by atoms with E-state index in [1.54, 1.807) is 0 Å². The number of rotatable bonds is 4. The normalized spacial score (nSPS) is 13.6. The quantitative estimate of drug-likeness (QED) is 0.859. The largest absolute Gasteiger partial charge is 0.347 e. The van der Waals surface area contributed by atoms with Crippen molar-refractivity contribution in [2.24, 2.45) is 0 Å². The number of amides is 2. The van der Waals surface area contributed by atoms with Crippen molar-refractivity contribution in [2.75, 3.05) is 18.0 Å². The summed E-state index contributed by atoms with van der Waals surface area (Å²) in [6.45, 7) is -2.14. The van der Waals surface area contributed by atoms with Gasteiger partial charge in [0.15, 0.2) is 0 Å². The molecule has 8 heteroatoms. The zero-order chi connectivity index (χ0) is 17.8. The topological polar surface area (TPSA) is 67.2 Å². The number of carbonyl (C=O) groups excluding carboxylic acids is 2. The van der Waals surface area contributed by atoms with Gasteiger partial charge in [-0.15, -0.1) is 0 Å². The Morgan fingerprint density at radius 2 is 2.08 bits per heavy atom. The smallest absolute Gasteiger partial charge is 0.319 e. The van der Waals surface area contributed by atoms with Gasteiger partial charge in [0.05, 0.1) is 0 Å². The summed E-state index contributed by atoms with van der Waals surface area (Å²) in [5.74, 6) is -1.22. The SMILES string of the molecule is O=C(NCCc1nccn1C(F)F)C(=O)N1CCCc2ccccc21. The Labute approximate surface area is 143 Å². The number of benzene rings is 1. The molecule has 1 aromatic carbocycles. The Hall–Kier alpha value is -2.77. The van der Waals surface area contributed by atoms with E-state index >= 15 is 0 Å². The number of nitrogens with one attached hydrogen (secondary N) is 1. The molecule has 0 unspecified atom stereocenters. The number of anilines is 1. The van der Waals surface area contributed by atoms with Gasteiger partial charge in [0.2, 0.25) is 0 Å². The van der Waals surface area contributed by atoms with Crippen LogP contribution in [-0.2, 0) is 22.4 Å². The number of aromatic nitrogens is 2. The molecule has 1 N–H and O–H groups in total. The number of hydrogen-bond donors (Lipinski definition) is 1. The lowest BCUT2D eigenvalue weighted by molar-refractivity contribution is -0.137. The number of fused-ring (bicyclic) bond motifs is 1. The van der Waals surface area contributed by atoms with E-state index in [2.05, 4.69) is 10.3 Å². The Morgan fingerprint density at radius 1 is 1.28 bits per heavy atom. The second-order valence-electron chi connectivity index (χ2n) is 5.72. The third-order valence-corrected chi connectivity index (χ3v) is 4.14. The van der Waals surface area contributed by atoms with E-state index < -0.39 is 18.4 Å². The van der Waals surface area contributed by atoms with Crippen molar-refractivity contribution >= 4 is 17.5 Å². The molecule has 0 bridgehead atoms. The summed E-state index contributed by atoms with van der Waals surface area (Å²) in [5.41, 5.74) is 1.79. The molecule has 2 amide bonds. The summed E-state index contributed by atoms with van der Waals surface area (Å²) in [4.78, 5) is 29.8. The van der Waals surface area contributed by atoms with Crippen LogP contribution in [0.3, 0.4) is 0 Å². The monoisotopic (exact) mass is 348 g/mol. The zero-order valence-corrected chi connectivity index (χ0v) is 13.5. The molecule has 1 aliphatic heterocycles. The highest BCUT2D eigenvalue weighted by molar-refractivity contribution is 6.40. The predicted molar refractivity (Wildman–Crippen MR) is 87.3 cm³/mol. The molecule has 0 aliphatic carbocycles. The second kappa shape index (κ2) is 7.42. The summed E-state index contributed by atoms with van der Waals surface area (Å²) in [7, 11) is 0. The highest BCUT2D eigenvalue weighted by Crippen LogP contribution is 2.26. The third-order valence-electron chi connectivity index (χ3n) is 4.14. The molecule has 6 nitrogen and oxygen atoms in total. The van der Waals surface area contributed by atoms with Crippen LogP contribution < -0.4 is 10.2 Å². The number of para-hydroxylation sites is 1. The molecular formula is C17H18F2N4O2. The molecule has 1 aromatic heterocycles. The van der Waals surface area contributed by atoms with E-state index in [-0.39, 0.29) is 18.8 Å². The standard InChI is InChI=1S/C17H18F2N4O2/c18-17(19)23-11-9-20-14(23)7-8-21-15(24)16(25)22-10-3-5-12-4-1-2-6-13(12)22/h1-2,4,6,9,11,17H,3,5,7-8,10H2,(H,21,24). The molecule has 0 radical (unpaired) electrons. The van der Waals surface area contributed by atoms with Crippen molar-refractivity contribution in [2.45, 2.75) is 25.8 Å². The van der Waals surface area contributed by atoms with Gasteiger partial charge in [-0.3, -0.25) is 14.2 Å². The van der Waals surface area contributed by atoms with Crippen LogP contribution in [0.1, 0.15) is 24.4 Å².